The van der Waals surface area contributed by atoms with Crippen molar-refractivity contribution in [2.75, 3.05) is 17.7 Å². The minimum absolute atomic E-state index is 0.249. The number of aromatic nitrogens is 3. The summed E-state index contributed by atoms with van der Waals surface area (Å²) in [5.74, 6) is 0.151. The molecule has 3 aromatic carbocycles. The molecule has 4 rings (SSSR count). The van der Waals surface area contributed by atoms with Crippen LogP contribution in [0, 0.1) is 0 Å². The maximum atomic E-state index is 12.4. The lowest BCUT2D eigenvalue weighted by atomic mass is 10.2. The molecule has 2 N–H and O–H groups in total. The molecule has 0 saturated carbocycles. The van der Waals surface area contributed by atoms with Crippen molar-refractivity contribution in [1.82, 2.24) is 15.0 Å². The topological polar surface area (TPSA) is 98.1 Å². The number of benzene rings is 3. The first-order valence-corrected chi connectivity index (χ1v) is 10.6. The Bertz CT molecular complexity index is 1280. The first kappa shape index (κ1) is 22.5. The number of methoxy groups -OCH3 is 1. The van der Waals surface area contributed by atoms with Crippen LogP contribution >= 0.6 is 0 Å². The molecular weight excluding hydrogens is 430 g/mol. The lowest BCUT2D eigenvalue weighted by molar-refractivity contribution is -0.111. The van der Waals surface area contributed by atoms with Crippen molar-refractivity contribution < 1.29 is 14.3 Å². The highest BCUT2D eigenvalue weighted by Crippen LogP contribution is 2.17. The van der Waals surface area contributed by atoms with Gasteiger partial charge in [0.25, 0.3) is 5.91 Å². The van der Waals surface area contributed by atoms with Gasteiger partial charge in [0.1, 0.15) is 11.4 Å². The normalized spacial score (nSPS) is 10.7. The molecule has 0 radical (unpaired) electrons. The number of hydrogen-bond donors (Lipinski definition) is 2. The number of nitrogens with one attached hydrogen (secondary N) is 2. The zero-order chi connectivity index (χ0) is 23.8. The minimum atomic E-state index is -0.312. The quantitative estimate of drug-likeness (QED) is 0.389. The van der Waals surface area contributed by atoms with Gasteiger partial charge >= 0.3 is 0 Å². The molecule has 0 unspecified atom stereocenters. The fourth-order valence-electron chi connectivity index (χ4n) is 3.17. The molecule has 0 saturated heterocycles. The van der Waals surface area contributed by atoms with Crippen LogP contribution in [0.3, 0.4) is 0 Å². The number of amides is 2. The van der Waals surface area contributed by atoms with E-state index in [0.717, 1.165) is 5.56 Å². The fraction of sp³-hybridized carbons (Fsp3) is 0.0769. The summed E-state index contributed by atoms with van der Waals surface area (Å²) >= 11 is 0. The Morgan fingerprint density at radius 2 is 1.59 bits per heavy atom. The van der Waals surface area contributed by atoms with E-state index in [1.54, 1.807) is 72.6 Å². The summed E-state index contributed by atoms with van der Waals surface area (Å²) in [5, 5.41) is 13.7. The Morgan fingerprint density at radius 1 is 0.912 bits per heavy atom. The molecule has 0 atom stereocenters. The lowest BCUT2D eigenvalue weighted by Gasteiger charge is -2.07. The molecule has 0 spiro atoms. The lowest BCUT2D eigenvalue weighted by Crippen LogP contribution is -2.12. The van der Waals surface area contributed by atoms with Gasteiger partial charge in [-0.2, -0.15) is 0 Å². The van der Waals surface area contributed by atoms with Crippen molar-refractivity contribution >= 4 is 29.3 Å². The molecular formula is C26H23N5O3. The van der Waals surface area contributed by atoms with E-state index < -0.39 is 0 Å². The van der Waals surface area contributed by atoms with Gasteiger partial charge in [0.05, 0.1) is 19.9 Å². The number of ether oxygens (including phenoxy) is 1. The number of carbonyl (C=O) groups excluding carboxylic acids is 2. The zero-order valence-corrected chi connectivity index (χ0v) is 18.5. The molecule has 170 valence electrons. The van der Waals surface area contributed by atoms with Crippen molar-refractivity contribution in [2.45, 2.75) is 6.54 Å². The highest BCUT2D eigenvalue weighted by Gasteiger charge is 2.07. The van der Waals surface area contributed by atoms with Crippen molar-refractivity contribution in [2.24, 2.45) is 0 Å². The minimum Gasteiger partial charge on any atom is -0.497 e. The number of anilines is 2. The van der Waals surface area contributed by atoms with E-state index in [2.05, 4.69) is 20.9 Å². The molecule has 0 fully saturated rings. The van der Waals surface area contributed by atoms with Crippen molar-refractivity contribution in [3.05, 3.63) is 108 Å². The predicted molar refractivity (Wildman–Crippen MR) is 131 cm³/mol. The van der Waals surface area contributed by atoms with Crippen molar-refractivity contribution in [3.63, 3.8) is 0 Å². The van der Waals surface area contributed by atoms with Gasteiger partial charge in [0.2, 0.25) is 5.91 Å². The molecule has 2 amide bonds. The molecule has 8 nitrogen and oxygen atoms in total. The van der Waals surface area contributed by atoms with Crippen LogP contribution < -0.4 is 15.4 Å². The number of rotatable bonds is 8. The van der Waals surface area contributed by atoms with Gasteiger partial charge in [0.15, 0.2) is 0 Å². The standard InChI is InChI=1S/C26H23N5O3/c1-34-24-14-11-22(12-15-24)28-26(33)20-7-9-21(10-8-20)27-25(32)16-13-23-18-31(30-29-23)17-19-5-3-2-4-6-19/h2-16,18H,17H2,1H3,(H,27,32)(H,28,33)/b16-13+. The van der Waals surface area contributed by atoms with Gasteiger partial charge in [-0.25, -0.2) is 4.68 Å². The summed E-state index contributed by atoms with van der Waals surface area (Å²) in [6.07, 6.45) is 4.76. The number of nitrogens with zero attached hydrogens (tertiary/aromatic N) is 3. The fourth-order valence-corrected chi connectivity index (χ4v) is 3.17. The average molecular weight is 454 g/mol. The summed E-state index contributed by atoms with van der Waals surface area (Å²) in [7, 11) is 1.58. The Balaban J connectivity index is 1.29. The van der Waals surface area contributed by atoms with E-state index in [-0.39, 0.29) is 11.8 Å². The average Bonchev–Trinajstić information content (AvgIpc) is 3.31. The molecule has 0 aliphatic heterocycles. The van der Waals surface area contributed by atoms with Crippen LogP contribution in [0.25, 0.3) is 6.08 Å². The van der Waals surface area contributed by atoms with Crippen LogP contribution in [0.2, 0.25) is 0 Å². The molecule has 4 aromatic rings. The van der Waals surface area contributed by atoms with E-state index >= 15 is 0 Å². The predicted octanol–water partition coefficient (Wildman–Crippen LogP) is 4.24. The molecule has 0 aliphatic carbocycles. The molecule has 0 aliphatic rings. The maximum Gasteiger partial charge on any atom is 0.255 e. The number of carbonyl (C=O) groups is 2. The molecule has 0 bridgehead atoms. The second kappa shape index (κ2) is 10.7. The zero-order valence-electron chi connectivity index (χ0n) is 18.5. The molecule has 8 heteroatoms. The third-order valence-electron chi connectivity index (χ3n) is 4.91. The van der Waals surface area contributed by atoms with E-state index in [0.29, 0.717) is 34.9 Å². The van der Waals surface area contributed by atoms with E-state index in [1.165, 1.54) is 6.08 Å². The van der Waals surface area contributed by atoms with Gasteiger partial charge in [-0.15, -0.1) is 5.10 Å². The van der Waals surface area contributed by atoms with Gasteiger partial charge in [-0.1, -0.05) is 35.5 Å². The molecule has 1 aromatic heterocycles. The van der Waals surface area contributed by atoms with Crippen LogP contribution in [0.5, 0.6) is 5.75 Å². The largest absolute Gasteiger partial charge is 0.497 e. The number of hydrogen-bond acceptors (Lipinski definition) is 5. The van der Waals surface area contributed by atoms with Crippen molar-refractivity contribution in [3.8, 4) is 5.75 Å². The smallest absolute Gasteiger partial charge is 0.255 e. The van der Waals surface area contributed by atoms with Crippen LogP contribution in [0.4, 0.5) is 11.4 Å². The van der Waals surface area contributed by atoms with E-state index in [4.69, 9.17) is 4.74 Å². The molecule has 1 heterocycles. The SMILES string of the molecule is COc1ccc(NC(=O)c2ccc(NC(=O)/C=C/c3cn(Cc4ccccc4)nn3)cc2)cc1. The summed E-state index contributed by atoms with van der Waals surface area (Å²) in [6.45, 7) is 0.603. The Hall–Kier alpha value is -4.72. The van der Waals surface area contributed by atoms with Gasteiger partial charge in [0, 0.05) is 23.0 Å². The van der Waals surface area contributed by atoms with Gasteiger partial charge in [-0.05, 0) is 60.2 Å². The van der Waals surface area contributed by atoms with E-state index in [9.17, 15) is 9.59 Å². The third kappa shape index (κ3) is 6.17. The van der Waals surface area contributed by atoms with Crippen LogP contribution in [0.15, 0.2) is 91.1 Å². The monoisotopic (exact) mass is 453 g/mol. The summed E-state index contributed by atoms with van der Waals surface area (Å²) in [5.41, 5.74) is 3.40. The van der Waals surface area contributed by atoms with Crippen LogP contribution in [-0.2, 0) is 11.3 Å². The third-order valence-corrected chi connectivity index (χ3v) is 4.91. The first-order chi connectivity index (χ1) is 16.6. The Kier molecular flexibility index (Phi) is 7.09. The van der Waals surface area contributed by atoms with Crippen LogP contribution in [-0.4, -0.2) is 33.9 Å². The first-order valence-electron chi connectivity index (χ1n) is 10.6. The highest BCUT2D eigenvalue weighted by atomic mass is 16.5. The second-order valence-electron chi connectivity index (χ2n) is 7.41. The highest BCUT2D eigenvalue weighted by molar-refractivity contribution is 6.05. The van der Waals surface area contributed by atoms with Crippen LogP contribution in [0.1, 0.15) is 21.6 Å². The van der Waals surface area contributed by atoms with Crippen molar-refractivity contribution in [1.29, 1.82) is 0 Å². The van der Waals surface area contributed by atoms with E-state index in [1.807, 2.05) is 30.3 Å². The summed E-state index contributed by atoms with van der Waals surface area (Å²) < 4.78 is 6.82. The second-order valence-corrected chi connectivity index (χ2v) is 7.41. The maximum absolute atomic E-state index is 12.4. The Morgan fingerprint density at radius 3 is 2.29 bits per heavy atom. The van der Waals surface area contributed by atoms with Gasteiger partial charge in [-0.3, -0.25) is 9.59 Å². The Labute approximate surface area is 196 Å². The summed E-state index contributed by atoms with van der Waals surface area (Å²) in [4.78, 5) is 24.7. The summed E-state index contributed by atoms with van der Waals surface area (Å²) in [6, 6.07) is 23.6. The van der Waals surface area contributed by atoms with Gasteiger partial charge < -0.3 is 15.4 Å². The molecule has 34 heavy (non-hydrogen) atoms.